The van der Waals surface area contributed by atoms with Gasteiger partial charge in [0.25, 0.3) is 5.56 Å². The van der Waals surface area contributed by atoms with Gasteiger partial charge >= 0.3 is 0 Å². The molecule has 0 spiro atoms. The quantitative estimate of drug-likeness (QED) is 0.360. The summed E-state index contributed by atoms with van der Waals surface area (Å²) in [6.07, 6.45) is 0. The van der Waals surface area contributed by atoms with Gasteiger partial charge in [-0.3, -0.25) is 4.79 Å². The van der Waals surface area contributed by atoms with E-state index in [1.807, 2.05) is 62.1 Å². The van der Waals surface area contributed by atoms with Gasteiger partial charge in [-0.2, -0.15) is 0 Å². The highest BCUT2D eigenvalue weighted by atomic mass is 32.1. The van der Waals surface area contributed by atoms with Gasteiger partial charge in [-0.15, -0.1) is 0 Å². The van der Waals surface area contributed by atoms with Crippen molar-refractivity contribution in [2.45, 2.75) is 33.9 Å². The molecule has 0 atom stereocenters. The van der Waals surface area contributed by atoms with Gasteiger partial charge in [0.2, 0.25) is 0 Å². The number of aryl methyl sites for hydroxylation is 3. The molecule has 0 aliphatic heterocycles. The van der Waals surface area contributed by atoms with Crippen molar-refractivity contribution in [3.63, 3.8) is 0 Å². The summed E-state index contributed by atoms with van der Waals surface area (Å²) in [6.45, 7) is 6.81. The molecule has 0 radical (unpaired) electrons. The van der Waals surface area contributed by atoms with Crippen molar-refractivity contribution in [3.8, 4) is 0 Å². The Balaban J connectivity index is 1.66. The molecule has 4 aromatic rings. The normalized spacial score (nSPS) is 10.9. The van der Waals surface area contributed by atoms with E-state index in [4.69, 9.17) is 12.2 Å². The summed E-state index contributed by atoms with van der Waals surface area (Å²) in [6, 6.07) is 20.3. The zero-order valence-electron chi connectivity index (χ0n) is 18.9. The first-order valence-electron chi connectivity index (χ1n) is 10.8. The molecule has 4 rings (SSSR count). The van der Waals surface area contributed by atoms with Crippen molar-refractivity contribution < 1.29 is 4.39 Å². The van der Waals surface area contributed by atoms with E-state index in [1.54, 1.807) is 12.1 Å². The molecule has 3 aromatic carbocycles. The first kappa shape index (κ1) is 22.7. The van der Waals surface area contributed by atoms with Crippen LogP contribution in [0, 0.1) is 26.6 Å². The minimum Gasteiger partial charge on any atom is -0.340 e. The molecule has 4 nitrogen and oxygen atoms in total. The third-order valence-corrected chi connectivity index (χ3v) is 6.23. The van der Waals surface area contributed by atoms with Crippen LogP contribution in [0.5, 0.6) is 0 Å². The van der Waals surface area contributed by atoms with Crippen LogP contribution in [-0.4, -0.2) is 15.0 Å². The molecule has 0 bridgehead atoms. The number of H-pyrrole nitrogens is 1. The molecule has 33 heavy (non-hydrogen) atoms. The van der Waals surface area contributed by atoms with Crippen LogP contribution < -0.4 is 10.9 Å². The summed E-state index contributed by atoms with van der Waals surface area (Å²) in [4.78, 5) is 17.9. The fraction of sp³-hybridized carbons (Fsp3) is 0.185. The van der Waals surface area contributed by atoms with Gasteiger partial charge in [0, 0.05) is 17.8 Å². The second-order valence-electron chi connectivity index (χ2n) is 8.37. The molecule has 0 amide bonds. The van der Waals surface area contributed by atoms with Crippen LogP contribution in [0.15, 0.2) is 71.5 Å². The maximum Gasteiger partial charge on any atom is 0.253 e. The fourth-order valence-electron chi connectivity index (χ4n) is 3.74. The third-order valence-electron chi connectivity index (χ3n) is 5.87. The number of anilines is 1. The topological polar surface area (TPSA) is 48.1 Å². The minimum absolute atomic E-state index is 0.140. The summed E-state index contributed by atoms with van der Waals surface area (Å²) in [5.41, 5.74) is 6.45. The summed E-state index contributed by atoms with van der Waals surface area (Å²) < 4.78 is 13.4. The Morgan fingerprint density at radius 2 is 1.67 bits per heavy atom. The molecule has 6 heteroatoms. The standard InChI is InChI=1S/C27H26FN3OS/c1-17-4-12-24(13-5-17)29-27(33)31(15-20-7-10-23(28)11-8-20)16-22-14-21-9-6-18(2)19(3)25(21)30-26(22)32/h4-14H,15-16H2,1-3H3,(H,29,33)(H,30,32). The minimum atomic E-state index is -0.290. The fourth-order valence-corrected chi connectivity index (χ4v) is 3.99. The lowest BCUT2D eigenvalue weighted by Gasteiger charge is -2.26. The molecule has 0 aliphatic carbocycles. The number of aromatic nitrogens is 1. The van der Waals surface area contributed by atoms with Crippen LogP contribution in [-0.2, 0) is 13.1 Å². The number of pyridine rings is 1. The first-order chi connectivity index (χ1) is 15.8. The van der Waals surface area contributed by atoms with Crippen molar-refractivity contribution >= 4 is 33.9 Å². The van der Waals surface area contributed by atoms with Crippen LogP contribution in [0.25, 0.3) is 10.9 Å². The Bertz CT molecular complexity index is 1360. The van der Waals surface area contributed by atoms with Crippen molar-refractivity contribution in [3.05, 3.63) is 111 Å². The molecular formula is C27H26FN3OS. The zero-order valence-corrected chi connectivity index (χ0v) is 19.7. The molecule has 0 fully saturated rings. The number of hydrogen-bond acceptors (Lipinski definition) is 2. The number of aromatic amines is 1. The summed E-state index contributed by atoms with van der Waals surface area (Å²) in [7, 11) is 0. The Morgan fingerprint density at radius 3 is 2.36 bits per heavy atom. The molecule has 0 unspecified atom stereocenters. The van der Waals surface area contributed by atoms with Crippen LogP contribution in [0.2, 0.25) is 0 Å². The van der Waals surface area contributed by atoms with Crippen molar-refractivity contribution in [1.29, 1.82) is 0 Å². The van der Waals surface area contributed by atoms with Gasteiger partial charge in [-0.1, -0.05) is 42.0 Å². The number of fused-ring (bicyclic) bond motifs is 1. The molecule has 0 saturated heterocycles. The maximum absolute atomic E-state index is 13.4. The number of rotatable bonds is 5. The second-order valence-corrected chi connectivity index (χ2v) is 8.76. The SMILES string of the molecule is Cc1ccc(NC(=S)N(Cc2ccc(F)cc2)Cc2cc3ccc(C)c(C)c3[nH]c2=O)cc1. The monoisotopic (exact) mass is 459 g/mol. The van der Waals surface area contributed by atoms with Gasteiger partial charge in [-0.25, -0.2) is 4.39 Å². The number of nitrogens with zero attached hydrogens (tertiary/aromatic N) is 1. The van der Waals surface area contributed by atoms with Gasteiger partial charge in [0.1, 0.15) is 5.82 Å². The van der Waals surface area contributed by atoms with Gasteiger partial charge < -0.3 is 15.2 Å². The molecular weight excluding hydrogens is 433 g/mol. The van der Waals surface area contributed by atoms with Crippen molar-refractivity contribution in [2.75, 3.05) is 5.32 Å². The van der Waals surface area contributed by atoms with E-state index in [1.165, 1.54) is 12.1 Å². The summed E-state index contributed by atoms with van der Waals surface area (Å²) in [5, 5.41) is 4.73. The molecule has 1 heterocycles. The zero-order chi connectivity index (χ0) is 23.5. The van der Waals surface area contributed by atoms with Gasteiger partial charge in [0.05, 0.1) is 12.1 Å². The van der Waals surface area contributed by atoms with Gasteiger partial charge in [-0.05, 0) is 85.4 Å². The highest BCUT2D eigenvalue weighted by molar-refractivity contribution is 7.80. The molecule has 2 N–H and O–H groups in total. The van der Waals surface area contributed by atoms with Crippen molar-refractivity contribution in [2.24, 2.45) is 0 Å². The van der Waals surface area contributed by atoms with E-state index >= 15 is 0 Å². The predicted molar refractivity (Wildman–Crippen MR) is 137 cm³/mol. The molecule has 1 aromatic heterocycles. The Hall–Kier alpha value is -3.51. The van der Waals surface area contributed by atoms with E-state index in [-0.39, 0.29) is 11.4 Å². The average molecular weight is 460 g/mol. The molecule has 0 aliphatic rings. The van der Waals surface area contributed by atoms with E-state index in [0.29, 0.717) is 23.8 Å². The number of halogens is 1. The smallest absolute Gasteiger partial charge is 0.253 e. The number of thiocarbonyl (C=S) groups is 1. The van der Waals surface area contributed by atoms with Crippen molar-refractivity contribution in [1.82, 2.24) is 9.88 Å². The van der Waals surface area contributed by atoms with E-state index < -0.39 is 0 Å². The van der Waals surface area contributed by atoms with E-state index in [9.17, 15) is 9.18 Å². The van der Waals surface area contributed by atoms with Crippen LogP contribution in [0.3, 0.4) is 0 Å². The predicted octanol–water partition coefficient (Wildman–Crippen LogP) is 5.99. The lowest BCUT2D eigenvalue weighted by atomic mass is 10.0. The third kappa shape index (κ3) is 5.29. The highest BCUT2D eigenvalue weighted by Gasteiger charge is 2.15. The Kier molecular flexibility index (Phi) is 6.56. The number of benzene rings is 3. The van der Waals surface area contributed by atoms with Gasteiger partial charge in [0.15, 0.2) is 5.11 Å². The molecule has 0 saturated carbocycles. The van der Waals surface area contributed by atoms with Crippen LogP contribution in [0.4, 0.5) is 10.1 Å². The molecule has 168 valence electrons. The number of hydrogen-bond donors (Lipinski definition) is 2. The maximum atomic E-state index is 13.4. The highest BCUT2D eigenvalue weighted by Crippen LogP contribution is 2.20. The second kappa shape index (κ2) is 9.55. The summed E-state index contributed by atoms with van der Waals surface area (Å²) in [5.74, 6) is -0.290. The lowest BCUT2D eigenvalue weighted by Crippen LogP contribution is -2.35. The Labute approximate surface area is 198 Å². The lowest BCUT2D eigenvalue weighted by molar-refractivity contribution is 0.411. The van der Waals surface area contributed by atoms with Crippen LogP contribution >= 0.6 is 12.2 Å². The first-order valence-corrected chi connectivity index (χ1v) is 11.2. The summed E-state index contributed by atoms with van der Waals surface area (Å²) >= 11 is 5.72. The van der Waals surface area contributed by atoms with E-state index in [2.05, 4.69) is 16.4 Å². The largest absolute Gasteiger partial charge is 0.340 e. The van der Waals surface area contributed by atoms with E-state index in [0.717, 1.165) is 38.8 Å². The Morgan fingerprint density at radius 1 is 0.970 bits per heavy atom. The number of nitrogens with one attached hydrogen (secondary N) is 2. The van der Waals surface area contributed by atoms with Crippen LogP contribution in [0.1, 0.15) is 27.8 Å². The average Bonchev–Trinajstić information content (AvgIpc) is 2.80.